The van der Waals surface area contributed by atoms with E-state index in [1.54, 1.807) is 24.3 Å². The Bertz CT molecular complexity index is 536. The van der Waals surface area contributed by atoms with E-state index in [-0.39, 0.29) is 12.5 Å². The molecule has 1 fully saturated rings. The van der Waals surface area contributed by atoms with Crippen LogP contribution in [0.2, 0.25) is 0 Å². The third-order valence-electron chi connectivity index (χ3n) is 4.43. The number of rotatable bonds is 7. The first-order chi connectivity index (χ1) is 11.6. The molecule has 2 N–H and O–H groups in total. The quantitative estimate of drug-likeness (QED) is 0.745. The molecule has 132 valence electrons. The summed E-state index contributed by atoms with van der Waals surface area (Å²) in [5, 5.41) is 11.7. The maximum absolute atomic E-state index is 12.1. The fraction of sp³-hybridized carbons (Fsp3) is 0.556. The van der Waals surface area contributed by atoms with E-state index in [0.29, 0.717) is 23.7 Å². The molecule has 0 aromatic heterocycles. The number of hydrogen-bond donors (Lipinski definition) is 2. The highest BCUT2D eigenvalue weighted by Gasteiger charge is 2.20. The van der Waals surface area contributed by atoms with Gasteiger partial charge in [0.1, 0.15) is 0 Å². The lowest BCUT2D eigenvalue weighted by Crippen LogP contribution is -2.39. The molecular formula is C18H26N2O4. The molecule has 1 aliphatic rings. The highest BCUT2D eigenvalue weighted by atomic mass is 16.5. The van der Waals surface area contributed by atoms with Crippen molar-refractivity contribution in [3.05, 3.63) is 29.8 Å². The number of piperidine rings is 1. The molecule has 0 bridgehead atoms. The van der Waals surface area contributed by atoms with Crippen LogP contribution < -0.4 is 5.32 Å². The summed E-state index contributed by atoms with van der Waals surface area (Å²) >= 11 is 0. The zero-order valence-electron chi connectivity index (χ0n) is 14.2. The molecule has 24 heavy (non-hydrogen) atoms. The Hall–Kier alpha value is -1.92. The molecule has 0 atom stereocenters. The molecule has 0 unspecified atom stereocenters. The number of amides is 1. The summed E-state index contributed by atoms with van der Waals surface area (Å²) in [5.41, 5.74) is 1.13. The lowest BCUT2D eigenvalue weighted by atomic mass is 9.92. The number of aliphatic hydroxyl groups excluding tert-OH is 1. The van der Waals surface area contributed by atoms with Crippen LogP contribution in [-0.2, 0) is 9.53 Å². The van der Waals surface area contributed by atoms with Gasteiger partial charge in [0.2, 0.25) is 5.91 Å². The number of carbonyl (C=O) groups excluding carboxylic acids is 2. The molecule has 1 aliphatic heterocycles. The van der Waals surface area contributed by atoms with Gasteiger partial charge in [0.15, 0.2) is 0 Å². The van der Waals surface area contributed by atoms with Gasteiger partial charge in [-0.3, -0.25) is 9.69 Å². The van der Waals surface area contributed by atoms with Crippen molar-refractivity contribution in [3.8, 4) is 0 Å². The lowest BCUT2D eigenvalue weighted by Gasteiger charge is -2.31. The Balaban J connectivity index is 1.74. The monoisotopic (exact) mass is 334 g/mol. The SMILES string of the molecule is COC(=O)c1ccc(NC(=O)CN2CCC(CCCO)CC2)cc1. The first kappa shape index (κ1) is 18.4. The molecule has 0 radical (unpaired) electrons. The van der Waals surface area contributed by atoms with Crippen molar-refractivity contribution in [2.75, 3.05) is 38.7 Å². The van der Waals surface area contributed by atoms with Gasteiger partial charge in [-0.2, -0.15) is 0 Å². The van der Waals surface area contributed by atoms with E-state index >= 15 is 0 Å². The highest BCUT2D eigenvalue weighted by molar-refractivity contribution is 5.93. The van der Waals surface area contributed by atoms with Crippen LogP contribution in [0.25, 0.3) is 0 Å². The van der Waals surface area contributed by atoms with E-state index in [1.807, 2.05) is 0 Å². The Morgan fingerprint density at radius 3 is 2.50 bits per heavy atom. The number of nitrogens with one attached hydrogen (secondary N) is 1. The van der Waals surface area contributed by atoms with Gasteiger partial charge in [-0.1, -0.05) is 0 Å². The molecule has 1 aromatic carbocycles. The number of nitrogens with zero attached hydrogens (tertiary/aromatic N) is 1. The van der Waals surface area contributed by atoms with Crippen LogP contribution in [0.15, 0.2) is 24.3 Å². The first-order valence-corrected chi connectivity index (χ1v) is 8.44. The van der Waals surface area contributed by atoms with Crippen molar-refractivity contribution in [2.24, 2.45) is 5.92 Å². The molecule has 6 heteroatoms. The van der Waals surface area contributed by atoms with Gasteiger partial charge >= 0.3 is 5.97 Å². The van der Waals surface area contributed by atoms with Gasteiger partial charge in [0, 0.05) is 12.3 Å². The number of carbonyl (C=O) groups is 2. The maximum atomic E-state index is 12.1. The van der Waals surface area contributed by atoms with Gasteiger partial charge in [-0.25, -0.2) is 4.79 Å². The zero-order chi connectivity index (χ0) is 17.4. The summed E-state index contributed by atoms with van der Waals surface area (Å²) in [6, 6.07) is 6.67. The molecule has 1 heterocycles. The summed E-state index contributed by atoms with van der Waals surface area (Å²) in [4.78, 5) is 25.7. The lowest BCUT2D eigenvalue weighted by molar-refractivity contribution is -0.117. The number of likely N-dealkylation sites (tertiary alicyclic amines) is 1. The van der Waals surface area contributed by atoms with Crippen molar-refractivity contribution >= 4 is 17.6 Å². The summed E-state index contributed by atoms with van der Waals surface area (Å²) < 4.78 is 4.64. The normalized spacial score (nSPS) is 15.9. The molecule has 2 rings (SSSR count). The van der Waals surface area contributed by atoms with E-state index < -0.39 is 5.97 Å². The van der Waals surface area contributed by atoms with Crippen molar-refractivity contribution < 1.29 is 19.4 Å². The number of benzene rings is 1. The van der Waals surface area contributed by atoms with Gasteiger partial charge in [0.25, 0.3) is 0 Å². The molecular weight excluding hydrogens is 308 g/mol. The fourth-order valence-corrected chi connectivity index (χ4v) is 3.02. The fourth-order valence-electron chi connectivity index (χ4n) is 3.02. The molecule has 1 aromatic rings. The van der Waals surface area contributed by atoms with E-state index in [1.165, 1.54) is 7.11 Å². The molecule has 1 saturated heterocycles. The highest BCUT2D eigenvalue weighted by Crippen LogP contribution is 2.21. The Morgan fingerprint density at radius 1 is 1.25 bits per heavy atom. The second-order valence-electron chi connectivity index (χ2n) is 6.20. The number of aliphatic hydroxyl groups is 1. The summed E-state index contributed by atoms with van der Waals surface area (Å²) in [6.07, 6.45) is 4.11. The average molecular weight is 334 g/mol. The van der Waals surface area contributed by atoms with Gasteiger partial charge in [0.05, 0.1) is 19.2 Å². The number of ether oxygens (including phenoxy) is 1. The Labute approximate surface area is 142 Å². The predicted molar refractivity (Wildman–Crippen MR) is 91.9 cm³/mol. The van der Waals surface area contributed by atoms with Gasteiger partial charge < -0.3 is 15.2 Å². The number of methoxy groups -OCH3 is 1. The molecule has 0 saturated carbocycles. The zero-order valence-corrected chi connectivity index (χ0v) is 14.2. The molecule has 1 amide bonds. The molecule has 0 spiro atoms. The summed E-state index contributed by atoms with van der Waals surface area (Å²) in [7, 11) is 1.34. The summed E-state index contributed by atoms with van der Waals surface area (Å²) in [6.45, 7) is 2.48. The number of anilines is 1. The van der Waals surface area contributed by atoms with Crippen LogP contribution in [0.5, 0.6) is 0 Å². The van der Waals surface area contributed by atoms with Crippen molar-refractivity contribution in [3.63, 3.8) is 0 Å². The third-order valence-corrected chi connectivity index (χ3v) is 4.43. The summed E-state index contributed by atoms with van der Waals surface area (Å²) in [5.74, 6) is 0.230. The second kappa shape index (κ2) is 9.39. The Morgan fingerprint density at radius 2 is 1.92 bits per heavy atom. The first-order valence-electron chi connectivity index (χ1n) is 8.44. The van der Waals surface area contributed by atoms with Gasteiger partial charge in [-0.15, -0.1) is 0 Å². The third kappa shape index (κ3) is 5.62. The van der Waals surface area contributed by atoms with Crippen molar-refractivity contribution in [1.82, 2.24) is 4.90 Å². The standard InChI is InChI=1S/C18H26N2O4/c1-24-18(23)15-4-6-16(7-5-15)19-17(22)13-20-10-8-14(9-11-20)3-2-12-21/h4-7,14,21H,2-3,8-13H2,1H3,(H,19,22). The topological polar surface area (TPSA) is 78.9 Å². The minimum Gasteiger partial charge on any atom is -0.465 e. The predicted octanol–water partition coefficient (Wildman–Crippen LogP) is 1.90. The van der Waals surface area contributed by atoms with Crippen molar-refractivity contribution in [1.29, 1.82) is 0 Å². The van der Waals surface area contributed by atoms with Gasteiger partial charge in [-0.05, 0) is 69.0 Å². The number of esters is 1. The Kier molecular flexibility index (Phi) is 7.21. The van der Waals surface area contributed by atoms with E-state index in [4.69, 9.17) is 5.11 Å². The molecule has 0 aliphatic carbocycles. The average Bonchev–Trinajstić information content (AvgIpc) is 2.61. The van der Waals surface area contributed by atoms with E-state index in [9.17, 15) is 9.59 Å². The number of hydrogen-bond acceptors (Lipinski definition) is 5. The van der Waals surface area contributed by atoms with Crippen LogP contribution in [-0.4, -0.2) is 55.2 Å². The van der Waals surface area contributed by atoms with Crippen LogP contribution in [0, 0.1) is 5.92 Å². The largest absolute Gasteiger partial charge is 0.465 e. The minimum absolute atomic E-state index is 0.0466. The second-order valence-corrected chi connectivity index (χ2v) is 6.20. The van der Waals surface area contributed by atoms with E-state index in [2.05, 4.69) is 15.0 Å². The van der Waals surface area contributed by atoms with Crippen LogP contribution in [0.4, 0.5) is 5.69 Å². The van der Waals surface area contributed by atoms with Crippen LogP contribution >= 0.6 is 0 Å². The van der Waals surface area contributed by atoms with Crippen molar-refractivity contribution in [2.45, 2.75) is 25.7 Å². The smallest absolute Gasteiger partial charge is 0.337 e. The van der Waals surface area contributed by atoms with Crippen LogP contribution in [0.1, 0.15) is 36.0 Å². The maximum Gasteiger partial charge on any atom is 0.337 e. The molecule has 6 nitrogen and oxygen atoms in total. The van der Waals surface area contributed by atoms with Crippen LogP contribution in [0.3, 0.4) is 0 Å². The van der Waals surface area contributed by atoms with E-state index in [0.717, 1.165) is 38.8 Å². The minimum atomic E-state index is -0.392.